The van der Waals surface area contributed by atoms with E-state index in [1.54, 1.807) is 12.1 Å². The number of hydrogen-bond donors (Lipinski definition) is 1. The SMILES string of the molecule is O=C(O)CCSSc1ccc([N+](=O)[O-])cc1. The van der Waals surface area contributed by atoms with Crippen molar-refractivity contribution in [2.24, 2.45) is 0 Å². The lowest BCUT2D eigenvalue weighted by atomic mass is 10.3. The van der Waals surface area contributed by atoms with E-state index in [4.69, 9.17) is 5.11 Å². The maximum absolute atomic E-state index is 10.4. The quantitative estimate of drug-likeness (QED) is 0.366. The Bertz CT molecular complexity index is 380. The molecule has 0 spiro atoms. The molecule has 0 saturated heterocycles. The molecule has 0 bridgehead atoms. The van der Waals surface area contributed by atoms with E-state index < -0.39 is 10.9 Å². The molecule has 0 atom stereocenters. The van der Waals surface area contributed by atoms with E-state index in [2.05, 4.69) is 0 Å². The monoisotopic (exact) mass is 259 g/mol. The standard InChI is InChI=1S/C9H9NO4S2/c11-9(12)5-6-15-16-8-3-1-7(2-4-8)10(13)14/h1-4H,5-6H2,(H,11,12). The molecular weight excluding hydrogens is 250 g/mol. The van der Waals surface area contributed by atoms with Gasteiger partial charge < -0.3 is 5.11 Å². The van der Waals surface area contributed by atoms with Gasteiger partial charge in [0.25, 0.3) is 5.69 Å². The summed E-state index contributed by atoms with van der Waals surface area (Å²) in [5.41, 5.74) is 0.0554. The summed E-state index contributed by atoms with van der Waals surface area (Å²) in [5.74, 6) is -0.312. The highest BCUT2D eigenvalue weighted by atomic mass is 33.1. The summed E-state index contributed by atoms with van der Waals surface area (Å²) < 4.78 is 0. The number of aliphatic carboxylic acids is 1. The first kappa shape index (κ1) is 12.9. The molecule has 0 radical (unpaired) electrons. The molecule has 0 amide bonds. The van der Waals surface area contributed by atoms with Crippen molar-refractivity contribution in [3.63, 3.8) is 0 Å². The topological polar surface area (TPSA) is 80.4 Å². The predicted octanol–water partition coefficient (Wildman–Crippen LogP) is 2.81. The first-order chi connectivity index (χ1) is 7.59. The molecule has 0 aliphatic heterocycles. The number of nitro groups is 1. The van der Waals surface area contributed by atoms with Gasteiger partial charge in [0.15, 0.2) is 0 Å². The Kier molecular flexibility index (Phi) is 5.13. The normalized spacial score (nSPS) is 10.0. The summed E-state index contributed by atoms with van der Waals surface area (Å²) in [6, 6.07) is 6.16. The van der Waals surface area contributed by atoms with Gasteiger partial charge in [0, 0.05) is 22.8 Å². The highest BCUT2D eigenvalue weighted by molar-refractivity contribution is 8.76. The van der Waals surface area contributed by atoms with Gasteiger partial charge in [-0.05, 0) is 12.1 Å². The number of nitrogens with zero attached hydrogens (tertiary/aromatic N) is 1. The third-order valence-electron chi connectivity index (χ3n) is 1.60. The Morgan fingerprint density at radius 1 is 1.38 bits per heavy atom. The molecule has 0 unspecified atom stereocenters. The number of nitro benzene ring substituents is 1. The first-order valence-electron chi connectivity index (χ1n) is 4.35. The Hall–Kier alpha value is -1.21. The van der Waals surface area contributed by atoms with E-state index in [9.17, 15) is 14.9 Å². The molecule has 86 valence electrons. The predicted molar refractivity (Wildman–Crippen MR) is 63.7 cm³/mol. The molecule has 5 nitrogen and oxygen atoms in total. The van der Waals surface area contributed by atoms with Crippen LogP contribution in [0.1, 0.15) is 6.42 Å². The van der Waals surface area contributed by atoms with E-state index >= 15 is 0 Å². The van der Waals surface area contributed by atoms with Crippen molar-refractivity contribution >= 4 is 33.2 Å². The molecule has 7 heteroatoms. The Morgan fingerprint density at radius 3 is 2.50 bits per heavy atom. The molecule has 16 heavy (non-hydrogen) atoms. The lowest BCUT2D eigenvalue weighted by molar-refractivity contribution is -0.384. The van der Waals surface area contributed by atoms with Crippen LogP contribution in [-0.4, -0.2) is 21.8 Å². The molecule has 1 rings (SSSR count). The van der Waals surface area contributed by atoms with Gasteiger partial charge in [0.1, 0.15) is 0 Å². The van der Waals surface area contributed by atoms with Gasteiger partial charge in [-0.1, -0.05) is 21.6 Å². The molecule has 0 aliphatic rings. The molecule has 0 saturated carbocycles. The summed E-state index contributed by atoms with van der Waals surface area (Å²) in [5, 5.41) is 18.8. The number of hydrogen-bond acceptors (Lipinski definition) is 5. The average molecular weight is 259 g/mol. The zero-order valence-corrected chi connectivity index (χ0v) is 9.79. The Labute approximate surface area is 99.8 Å². The highest BCUT2D eigenvalue weighted by Gasteiger charge is 2.04. The molecule has 0 fully saturated rings. The van der Waals surface area contributed by atoms with Gasteiger partial charge in [-0.3, -0.25) is 14.9 Å². The second-order valence-electron chi connectivity index (χ2n) is 2.80. The number of benzene rings is 1. The minimum Gasteiger partial charge on any atom is -0.481 e. The summed E-state index contributed by atoms with van der Waals surface area (Å²) in [7, 11) is 2.83. The van der Waals surface area contributed by atoms with Crippen molar-refractivity contribution in [2.75, 3.05) is 5.75 Å². The lowest BCUT2D eigenvalue weighted by Gasteiger charge is -1.99. The fraction of sp³-hybridized carbons (Fsp3) is 0.222. The minimum absolute atomic E-state index is 0.0554. The van der Waals surface area contributed by atoms with Crippen LogP contribution in [0.3, 0.4) is 0 Å². The van der Waals surface area contributed by atoms with Gasteiger partial charge >= 0.3 is 5.97 Å². The second-order valence-corrected chi connectivity index (χ2v) is 5.29. The minimum atomic E-state index is -0.822. The summed E-state index contributed by atoms with van der Waals surface area (Å²) in [6.07, 6.45) is 0.116. The van der Waals surface area contributed by atoms with E-state index in [1.165, 1.54) is 33.7 Å². The van der Waals surface area contributed by atoms with Crippen molar-refractivity contribution in [2.45, 2.75) is 11.3 Å². The molecule has 0 aliphatic carbocycles. The van der Waals surface area contributed by atoms with E-state index in [1.807, 2.05) is 0 Å². The van der Waals surface area contributed by atoms with Gasteiger partial charge in [-0.15, -0.1) is 0 Å². The van der Waals surface area contributed by atoms with Crippen LogP contribution in [0.25, 0.3) is 0 Å². The van der Waals surface area contributed by atoms with Crippen LogP contribution in [0.4, 0.5) is 5.69 Å². The molecule has 0 aromatic heterocycles. The van der Waals surface area contributed by atoms with E-state index in [0.717, 1.165) is 4.90 Å². The van der Waals surface area contributed by atoms with Crippen LogP contribution in [0, 0.1) is 10.1 Å². The Balaban J connectivity index is 2.38. The third-order valence-corrected chi connectivity index (χ3v) is 3.99. The van der Waals surface area contributed by atoms with Crippen molar-refractivity contribution < 1.29 is 14.8 Å². The maximum Gasteiger partial charge on any atom is 0.304 e. The van der Waals surface area contributed by atoms with Crippen LogP contribution in [0.2, 0.25) is 0 Å². The van der Waals surface area contributed by atoms with Crippen molar-refractivity contribution in [3.8, 4) is 0 Å². The smallest absolute Gasteiger partial charge is 0.304 e. The van der Waals surface area contributed by atoms with Crippen molar-refractivity contribution in [1.29, 1.82) is 0 Å². The second kappa shape index (κ2) is 6.39. The van der Waals surface area contributed by atoms with Crippen molar-refractivity contribution in [1.82, 2.24) is 0 Å². The van der Waals surface area contributed by atoms with Crippen LogP contribution in [-0.2, 0) is 4.79 Å². The first-order valence-corrected chi connectivity index (χ1v) is 6.67. The number of rotatable bonds is 6. The third kappa shape index (κ3) is 4.54. The number of non-ortho nitro benzene ring substituents is 1. The molecule has 0 heterocycles. The van der Waals surface area contributed by atoms with Gasteiger partial charge in [-0.25, -0.2) is 0 Å². The van der Waals surface area contributed by atoms with Crippen LogP contribution in [0.5, 0.6) is 0 Å². The van der Waals surface area contributed by atoms with Gasteiger partial charge in [-0.2, -0.15) is 0 Å². The largest absolute Gasteiger partial charge is 0.481 e. The maximum atomic E-state index is 10.4. The summed E-state index contributed by atoms with van der Waals surface area (Å²) in [4.78, 5) is 21.0. The van der Waals surface area contributed by atoms with Crippen LogP contribution >= 0.6 is 21.6 Å². The fourth-order valence-corrected chi connectivity index (χ4v) is 2.83. The van der Waals surface area contributed by atoms with E-state index in [-0.39, 0.29) is 12.1 Å². The molecule has 1 aromatic carbocycles. The molecule has 1 N–H and O–H groups in total. The summed E-state index contributed by atoms with van der Waals surface area (Å²) in [6.45, 7) is 0. The lowest BCUT2D eigenvalue weighted by Crippen LogP contribution is -1.94. The zero-order valence-electron chi connectivity index (χ0n) is 8.16. The molecule has 1 aromatic rings. The van der Waals surface area contributed by atoms with Gasteiger partial charge in [0.05, 0.1) is 11.3 Å². The molecular formula is C9H9NO4S2. The number of carbonyl (C=O) groups is 1. The summed E-state index contributed by atoms with van der Waals surface area (Å²) >= 11 is 0. The van der Waals surface area contributed by atoms with Crippen molar-refractivity contribution in [3.05, 3.63) is 34.4 Å². The fourth-order valence-electron chi connectivity index (χ4n) is 0.862. The number of carboxylic acid groups (broad SMARTS) is 1. The number of carboxylic acids is 1. The van der Waals surface area contributed by atoms with E-state index in [0.29, 0.717) is 5.75 Å². The average Bonchev–Trinajstić information content (AvgIpc) is 2.25. The zero-order chi connectivity index (χ0) is 12.0. The Morgan fingerprint density at radius 2 is 2.00 bits per heavy atom. The van der Waals surface area contributed by atoms with Crippen LogP contribution in [0.15, 0.2) is 29.2 Å². The highest BCUT2D eigenvalue weighted by Crippen LogP contribution is 2.32. The van der Waals surface area contributed by atoms with Crippen LogP contribution < -0.4 is 0 Å². The van der Waals surface area contributed by atoms with Gasteiger partial charge in [0.2, 0.25) is 0 Å².